The lowest BCUT2D eigenvalue weighted by atomic mass is 10.2. The van der Waals surface area contributed by atoms with E-state index in [9.17, 15) is 4.39 Å². The lowest BCUT2D eigenvalue weighted by molar-refractivity contribution is 0.217. The molecule has 0 heterocycles. The number of halogens is 1. The first-order valence-electron chi connectivity index (χ1n) is 6.01. The van der Waals surface area contributed by atoms with Crippen molar-refractivity contribution in [3.63, 3.8) is 0 Å². The number of nitriles is 1. The zero-order chi connectivity index (χ0) is 14.4. The predicted octanol–water partition coefficient (Wildman–Crippen LogP) is 2.74. The Kier molecular flexibility index (Phi) is 4.40. The van der Waals surface area contributed by atoms with Gasteiger partial charge in [0.05, 0.1) is 5.69 Å². The van der Waals surface area contributed by atoms with Crippen molar-refractivity contribution in [2.24, 2.45) is 0 Å². The van der Waals surface area contributed by atoms with Crippen LogP contribution < -0.4 is 15.2 Å². The monoisotopic (exact) mass is 272 g/mol. The Morgan fingerprint density at radius 3 is 2.35 bits per heavy atom. The Morgan fingerprint density at radius 2 is 1.65 bits per heavy atom. The molecule has 0 unspecified atom stereocenters. The summed E-state index contributed by atoms with van der Waals surface area (Å²) in [5.41, 5.74) is 6.15. The van der Waals surface area contributed by atoms with Crippen molar-refractivity contribution in [2.75, 3.05) is 18.9 Å². The van der Waals surface area contributed by atoms with Gasteiger partial charge in [0.1, 0.15) is 42.2 Å². The standard InChI is InChI=1S/C15H13FN2O2/c16-12-4-3-7-14(11(12)10-17)19-8-9-20-15-6-2-1-5-13(15)18/h1-7H,8-9,18H2. The van der Waals surface area contributed by atoms with Gasteiger partial charge in [0, 0.05) is 0 Å². The first-order chi connectivity index (χ1) is 9.72. The number of para-hydroxylation sites is 2. The molecule has 2 aromatic carbocycles. The molecular formula is C15H13FN2O2. The van der Waals surface area contributed by atoms with Crippen LogP contribution in [0.3, 0.4) is 0 Å². The summed E-state index contributed by atoms with van der Waals surface area (Å²) in [7, 11) is 0. The van der Waals surface area contributed by atoms with E-state index in [4.69, 9.17) is 20.5 Å². The van der Waals surface area contributed by atoms with E-state index in [1.807, 2.05) is 12.1 Å². The summed E-state index contributed by atoms with van der Waals surface area (Å²) < 4.78 is 24.1. The average molecular weight is 272 g/mol. The second kappa shape index (κ2) is 6.43. The Hall–Kier alpha value is -2.74. The summed E-state index contributed by atoms with van der Waals surface area (Å²) in [6.07, 6.45) is 0. The second-order valence-corrected chi connectivity index (χ2v) is 3.96. The fraction of sp³-hybridized carbons (Fsp3) is 0.133. The molecule has 0 saturated carbocycles. The maximum atomic E-state index is 13.3. The van der Waals surface area contributed by atoms with Gasteiger partial charge in [-0.05, 0) is 24.3 Å². The van der Waals surface area contributed by atoms with E-state index in [0.717, 1.165) is 0 Å². The molecule has 0 spiro atoms. The highest BCUT2D eigenvalue weighted by molar-refractivity contribution is 5.51. The number of benzene rings is 2. The number of rotatable bonds is 5. The van der Waals surface area contributed by atoms with Crippen LogP contribution in [0.25, 0.3) is 0 Å². The third-order valence-electron chi connectivity index (χ3n) is 2.60. The summed E-state index contributed by atoms with van der Waals surface area (Å²) in [5, 5.41) is 8.85. The Bertz CT molecular complexity index is 638. The Labute approximate surface area is 116 Å². The van der Waals surface area contributed by atoms with Crippen LogP contribution in [-0.2, 0) is 0 Å². The number of nitrogen functional groups attached to an aromatic ring is 1. The topological polar surface area (TPSA) is 68.3 Å². The van der Waals surface area contributed by atoms with Crippen molar-refractivity contribution < 1.29 is 13.9 Å². The van der Waals surface area contributed by atoms with Crippen LogP contribution >= 0.6 is 0 Å². The first kappa shape index (κ1) is 13.7. The highest BCUT2D eigenvalue weighted by atomic mass is 19.1. The lowest BCUT2D eigenvalue weighted by Gasteiger charge is -2.10. The fourth-order valence-corrected chi connectivity index (χ4v) is 1.65. The molecule has 0 aliphatic heterocycles. The average Bonchev–Trinajstić information content (AvgIpc) is 2.45. The van der Waals surface area contributed by atoms with Crippen LogP contribution in [0.1, 0.15) is 5.56 Å². The van der Waals surface area contributed by atoms with Crippen molar-refractivity contribution in [2.45, 2.75) is 0 Å². The second-order valence-electron chi connectivity index (χ2n) is 3.96. The molecule has 0 fully saturated rings. The lowest BCUT2D eigenvalue weighted by Crippen LogP contribution is -2.10. The number of ether oxygens (including phenoxy) is 2. The van der Waals surface area contributed by atoms with Crippen molar-refractivity contribution in [3.8, 4) is 17.6 Å². The number of hydrogen-bond acceptors (Lipinski definition) is 4. The summed E-state index contributed by atoms with van der Waals surface area (Å²) in [4.78, 5) is 0. The van der Waals surface area contributed by atoms with Crippen LogP contribution in [0.5, 0.6) is 11.5 Å². The van der Waals surface area contributed by atoms with Gasteiger partial charge < -0.3 is 15.2 Å². The van der Waals surface area contributed by atoms with E-state index in [2.05, 4.69) is 0 Å². The maximum Gasteiger partial charge on any atom is 0.144 e. The summed E-state index contributed by atoms with van der Waals surface area (Å²) in [5.74, 6) is 0.172. The molecule has 20 heavy (non-hydrogen) atoms. The minimum atomic E-state index is -0.599. The molecular weight excluding hydrogens is 259 g/mol. The molecule has 0 bridgehead atoms. The quantitative estimate of drug-likeness (QED) is 0.671. The van der Waals surface area contributed by atoms with E-state index in [1.165, 1.54) is 12.1 Å². The highest BCUT2D eigenvalue weighted by Gasteiger charge is 2.08. The molecule has 4 nitrogen and oxygen atoms in total. The molecule has 0 aromatic heterocycles. The number of nitrogens with zero attached hydrogens (tertiary/aromatic N) is 1. The zero-order valence-electron chi connectivity index (χ0n) is 10.7. The first-order valence-corrected chi connectivity index (χ1v) is 6.01. The van der Waals surface area contributed by atoms with Crippen LogP contribution in [0.4, 0.5) is 10.1 Å². The normalized spacial score (nSPS) is 9.80. The molecule has 0 aliphatic rings. The van der Waals surface area contributed by atoms with Crippen molar-refractivity contribution in [1.29, 1.82) is 5.26 Å². The number of anilines is 1. The molecule has 0 amide bonds. The van der Waals surface area contributed by atoms with Crippen molar-refractivity contribution >= 4 is 5.69 Å². The third-order valence-corrected chi connectivity index (χ3v) is 2.60. The van der Waals surface area contributed by atoms with E-state index in [1.54, 1.807) is 24.3 Å². The van der Waals surface area contributed by atoms with E-state index in [-0.39, 0.29) is 24.5 Å². The molecule has 0 atom stereocenters. The van der Waals surface area contributed by atoms with E-state index >= 15 is 0 Å². The Morgan fingerprint density at radius 1 is 1.00 bits per heavy atom. The summed E-state index contributed by atoms with van der Waals surface area (Å²) in [6.45, 7) is 0.433. The van der Waals surface area contributed by atoms with E-state index in [0.29, 0.717) is 11.4 Å². The number of nitrogens with two attached hydrogens (primary N) is 1. The molecule has 2 aromatic rings. The molecule has 5 heteroatoms. The highest BCUT2D eigenvalue weighted by Crippen LogP contribution is 2.21. The summed E-state index contributed by atoms with van der Waals surface area (Å²) in [6, 6.07) is 13.1. The van der Waals surface area contributed by atoms with Gasteiger partial charge in [0.15, 0.2) is 0 Å². The van der Waals surface area contributed by atoms with Gasteiger partial charge in [-0.3, -0.25) is 0 Å². The Balaban J connectivity index is 1.90. The molecule has 0 aliphatic carbocycles. The zero-order valence-corrected chi connectivity index (χ0v) is 10.7. The van der Waals surface area contributed by atoms with Gasteiger partial charge in [-0.1, -0.05) is 18.2 Å². The fourth-order valence-electron chi connectivity index (χ4n) is 1.65. The molecule has 2 rings (SSSR count). The molecule has 0 radical (unpaired) electrons. The van der Waals surface area contributed by atoms with Crippen LogP contribution in [-0.4, -0.2) is 13.2 Å². The molecule has 0 saturated heterocycles. The van der Waals surface area contributed by atoms with Gasteiger partial charge in [-0.25, -0.2) is 4.39 Å². The van der Waals surface area contributed by atoms with Crippen molar-refractivity contribution in [1.82, 2.24) is 0 Å². The third kappa shape index (κ3) is 3.18. The van der Waals surface area contributed by atoms with Crippen molar-refractivity contribution in [3.05, 3.63) is 53.8 Å². The van der Waals surface area contributed by atoms with Crippen LogP contribution in [0.15, 0.2) is 42.5 Å². The largest absolute Gasteiger partial charge is 0.489 e. The van der Waals surface area contributed by atoms with Gasteiger partial charge in [0.25, 0.3) is 0 Å². The molecule has 102 valence electrons. The van der Waals surface area contributed by atoms with Gasteiger partial charge >= 0.3 is 0 Å². The predicted molar refractivity (Wildman–Crippen MR) is 73.0 cm³/mol. The smallest absolute Gasteiger partial charge is 0.144 e. The van der Waals surface area contributed by atoms with Crippen LogP contribution in [0, 0.1) is 17.1 Å². The SMILES string of the molecule is N#Cc1c(F)cccc1OCCOc1ccccc1N. The summed E-state index contributed by atoms with van der Waals surface area (Å²) >= 11 is 0. The number of hydrogen-bond donors (Lipinski definition) is 1. The minimum Gasteiger partial charge on any atom is -0.489 e. The maximum absolute atomic E-state index is 13.3. The molecule has 2 N–H and O–H groups in total. The van der Waals surface area contributed by atoms with Gasteiger partial charge in [-0.2, -0.15) is 5.26 Å². The van der Waals surface area contributed by atoms with Gasteiger partial charge in [-0.15, -0.1) is 0 Å². The van der Waals surface area contributed by atoms with Gasteiger partial charge in [0.2, 0.25) is 0 Å². The van der Waals surface area contributed by atoms with Crippen LogP contribution in [0.2, 0.25) is 0 Å². The van der Waals surface area contributed by atoms with E-state index < -0.39 is 5.82 Å². The minimum absolute atomic E-state index is 0.105.